The lowest BCUT2D eigenvalue weighted by atomic mass is 9.91. The van der Waals surface area contributed by atoms with Gasteiger partial charge in [-0.25, -0.2) is 4.79 Å². The van der Waals surface area contributed by atoms with Gasteiger partial charge in [-0.2, -0.15) is 5.26 Å². The number of anilines is 1. The highest BCUT2D eigenvalue weighted by Crippen LogP contribution is 2.34. The van der Waals surface area contributed by atoms with E-state index in [2.05, 4.69) is 6.07 Å². The van der Waals surface area contributed by atoms with Crippen LogP contribution < -0.4 is 4.90 Å². The molecular weight excluding hydrogens is 292 g/mol. The van der Waals surface area contributed by atoms with Crippen molar-refractivity contribution in [3.05, 3.63) is 28.8 Å². The van der Waals surface area contributed by atoms with Crippen LogP contribution >= 0.6 is 11.6 Å². The number of rotatable bonds is 3. The molecule has 0 radical (unpaired) electrons. The number of piperidine rings is 1. The summed E-state index contributed by atoms with van der Waals surface area (Å²) in [5, 5.41) is 20.0. The van der Waals surface area contributed by atoms with Gasteiger partial charge in [0.2, 0.25) is 0 Å². The first-order valence-corrected chi connectivity index (χ1v) is 7.23. The van der Waals surface area contributed by atoms with E-state index in [4.69, 9.17) is 16.3 Å². The van der Waals surface area contributed by atoms with Crippen LogP contribution in [0.3, 0.4) is 0 Å². The van der Waals surface area contributed by atoms with Gasteiger partial charge in [0.05, 0.1) is 22.9 Å². The molecule has 6 heteroatoms. The van der Waals surface area contributed by atoms with Gasteiger partial charge in [-0.15, -0.1) is 0 Å². The van der Waals surface area contributed by atoms with Gasteiger partial charge in [0.1, 0.15) is 6.07 Å². The van der Waals surface area contributed by atoms with Crippen LogP contribution in [0.2, 0.25) is 5.02 Å². The van der Waals surface area contributed by atoms with Gasteiger partial charge in [0.25, 0.3) is 0 Å². The second kappa shape index (κ2) is 6.33. The number of benzene rings is 1. The molecule has 0 amide bonds. The molecular formula is C15H17ClN2O3. The number of aliphatic hydroxyl groups is 1. The topological polar surface area (TPSA) is 73.6 Å². The minimum atomic E-state index is -1.44. The Kier molecular flexibility index (Phi) is 4.71. The van der Waals surface area contributed by atoms with Crippen molar-refractivity contribution in [2.75, 3.05) is 24.6 Å². The molecule has 1 aromatic rings. The standard InChI is InChI=1S/C15H17ClN2O3/c1-2-21-14(19)15(20)6-8-18(9-7-15)13-11(10-17)4-3-5-12(13)16/h3-5,20H,2,6-9H2,1H3. The van der Waals surface area contributed by atoms with Crippen molar-refractivity contribution in [3.63, 3.8) is 0 Å². The molecule has 5 nitrogen and oxygen atoms in total. The maximum atomic E-state index is 11.8. The lowest BCUT2D eigenvalue weighted by Crippen LogP contribution is -2.50. The summed E-state index contributed by atoms with van der Waals surface area (Å²) in [7, 11) is 0. The Bertz CT molecular complexity index is 575. The van der Waals surface area contributed by atoms with E-state index >= 15 is 0 Å². The fourth-order valence-electron chi connectivity index (χ4n) is 2.50. The fraction of sp³-hybridized carbons (Fsp3) is 0.467. The summed E-state index contributed by atoms with van der Waals surface area (Å²) < 4.78 is 4.91. The van der Waals surface area contributed by atoms with Crippen LogP contribution in [0.5, 0.6) is 0 Å². The summed E-state index contributed by atoms with van der Waals surface area (Å²) >= 11 is 6.18. The molecule has 1 fully saturated rings. The lowest BCUT2D eigenvalue weighted by Gasteiger charge is -2.38. The van der Waals surface area contributed by atoms with Crippen molar-refractivity contribution >= 4 is 23.3 Å². The zero-order valence-corrected chi connectivity index (χ0v) is 12.6. The summed E-state index contributed by atoms with van der Waals surface area (Å²) in [6.07, 6.45) is 0.504. The third-order valence-electron chi connectivity index (χ3n) is 3.67. The first-order valence-electron chi connectivity index (χ1n) is 6.85. The van der Waals surface area contributed by atoms with Crippen molar-refractivity contribution in [2.45, 2.75) is 25.4 Å². The second-order valence-corrected chi connectivity index (χ2v) is 5.39. The van der Waals surface area contributed by atoms with Crippen LogP contribution in [-0.4, -0.2) is 36.4 Å². The van der Waals surface area contributed by atoms with Gasteiger partial charge >= 0.3 is 5.97 Å². The van der Waals surface area contributed by atoms with Crippen molar-refractivity contribution in [1.29, 1.82) is 5.26 Å². The lowest BCUT2D eigenvalue weighted by molar-refractivity contribution is -0.167. The SMILES string of the molecule is CCOC(=O)C1(O)CCN(c2c(Cl)cccc2C#N)CC1. The minimum absolute atomic E-state index is 0.244. The average molecular weight is 309 g/mol. The van der Waals surface area contributed by atoms with Gasteiger partial charge in [-0.3, -0.25) is 0 Å². The molecule has 1 aromatic carbocycles. The first-order chi connectivity index (χ1) is 10.0. The molecule has 0 unspecified atom stereocenters. The van der Waals surface area contributed by atoms with E-state index in [0.29, 0.717) is 29.4 Å². The molecule has 0 bridgehead atoms. The zero-order chi connectivity index (χ0) is 15.5. The van der Waals surface area contributed by atoms with Gasteiger partial charge in [0.15, 0.2) is 5.60 Å². The number of halogens is 1. The Labute approximate surface area is 128 Å². The van der Waals surface area contributed by atoms with Crippen LogP contribution in [-0.2, 0) is 9.53 Å². The summed E-state index contributed by atoms with van der Waals surface area (Å²) in [5.74, 6) is -0.579. The predicted molar refractivity (Wildman–Crippen MR) is 79.2 cm³/mol. The molecule has 0 saturated carbocycles. The highest BCUT2D eigenvalue weighted by molar-refractivity contribution is 6.33. The normalized spacial score (nSPS) is 17.1. The third-order valence-corrected chi connectivity index (χ3v) is 3.97. The smallest absolute Gasteiger partial charge is 0.338 e. The molecule has 112 valence electrons. The Hall–Kier alpha value is -1.77. The quantitative estimate of drug-likeness (QED) is 0.866. The van der Waals surface area contributed by atoms with Gasteiger partial charge < -0.3 is 14.7 Å². The van der Waals surface area contributed by atoms with E-state index < -0.39 is 11.6 Å². The van der Waals surface area contributed by atoms with Crippen LogP contribution in [0.15, 0.2) is 18.2 Å². The van der Waals surface area contributed by atoms with Crippen molar-refractivity contribution < 1.29 is 14.6 Å². The minimum Gasteiger partial charge on any atom is -0.464 e. The first kappa shape index (κ1) is 15.6. The Morgan fingerprint density at radius 2 is 2.19 bits per heavy atom. The Morgan fingerprint density at radius 3 is 2.76 bits per heavy atom. The molecule has 2 rings (SSSR count). The molecule has 1 N–H and O–H groups in total. The van der Waals surface area contributed by atoms with Gasteiger partial charge in [0, 0.05) is 25.9 Å². The van der Waals surface area contributed by atoms with Crippen LogP contribution in [0, 0.1) is 11.3 Å². The van der Waals surface area contributed by atoms with E-state index in [1.807, 2.05) is 4.90 Å². The molecule has 1 saturated heterocycles. The largest absolute Gasteiger partial charge is 0.464 e. The highest BCUT2D eigenvalue weighted by atomic mass is 35.5. The number of carbonyl (C=O) groups excluding carboxylic acids is 1. The zero-order valence-electron chi connectivity index (χ0n) is 11.8. The second-order valence-electron chi connectivity index (χ2n) is 4.99. The highest BCUT2D eigenvalue weighted by Gasteiger charge is 2.41. The number of hydrogen-bond donors (Lipinski definition) is 1. The molecule has 0 spiro atoms. The average Bonchev–Trinajstić information content (AvgIpc) is 2.48. The molecule has 1 heterocycles. The van der Waals surface area contributed by atoms with E-state index in [1.165, 1.54) is 0 Å². The summed E-state index contributed by atoms with van der Waals surface area (Å²) in [4.78, 5) is 13.7. The molecule has 21 heavy (non-hydrogen) atoms. The summed E-state index contributed by atoms with van der Waals surface area (Å²) in [6.45, 7) is 2.83. The van der Waals surface area contributed by atoms with Gasteiger partial charge in [-0.1, -0.05) is 17.7 Å². The number of esters is 1. The molecule has 0 aliphatic carbocycles. The van der Waals surface area contributed by atoms with Crippen molar-refractivity contribution in [3.8, 4) is 6.07 Å². The van der Waals surface area contributed by atoms with E-state index in [1.54, 1.807) is 25.1 Å². The summed E-state index contributed by atoms with van der Waals surface area (Å²) in [5.41, 5.74) is -0.294. The number of nitriles is 1. The monoisotopic (exact) mass is 308 g/mol. The number of nitrogens with zero attached hydrogens (tertiary/aromatic N) is 2. The van der Waals surface area contributed by atoms with E-state index in [9.17, 15) is 15.2 Å². The Balaban J connectivity index is 2.15. The Morgan fingerprint density at radius 1 is 1.52 bits per heavy atom. The van der Waals surface area contributed by atoms with E-state index in [-0.39, 0.29) is 19.4 Å². The van der Waals surface area contributed by atoms with Gasteiger partial charge in [-0.05, 0) is 19.1 Å². The number of hydrogen-bond acceptors (Lipinski definition) is 5. The molecule has 0 aromatic heterocycles. The molecule has 1 aliphatic heterocycles. The molecule has 0 atom stereocenters. The fourth-order valence-corrected chi connectivity index (χ4v) is 2.79. The van der Waals surface area contributed by atoms with E-state index in [0.717, 1.165) is 0 Å². The number of para-hydroxylation sites is 1. The van der Waals surface area contributed by atoms with Crippen LogP contribution in [0.25, 0.3) is 0 Å². The maximum Gasteiger partial charge on any atom is 0.338 e. The molecule has 1 aliphatic rings. The summed E-state index contributed by atoms with van der Waals surface area (Å²) in [6, 6.07) is 7.27. The van der Waals surface area contributed by atoms with Crippen LogP contribution in [0.4, 0.5) is 5.69 Å². The number of ether oxygens (including phenoxy) is 1. The van der Waals surface area contributed by atoms with Crippen LogP contribution in [0.1, 0.15) is 25.3 Å². The van der Waals surface area contributed by atoms with Crippen molar-refractivity contribution in [1.82, 2.24) is 0 Å². The maximum absolute atomic E-state index is 11.8. The third kappa shape index (κ3) is 3.12. The van der Waals surface area contributed by atoms with Crippen molar-refractivity contribution in [2.24, 2.45) is 0 Å². The number of carbonyl (C=O) groups is 1. The predicted octanol–water partition coefficient (Wildman–Crippen LogP) is 2.11.